The maximum absolute atomic E-state index is 12.4. The Morgan fingerprint density at radius 3 is 2.68 bits per heavy atom. The lowest BCUT2D eigenvalue weighted by Crippen LogP contribution is -2.15. The van der Waals surface area contributed by atoms with Gasteiger partial charge in [-0.2, -0.15) is 5.10 Å². The second kappa shape index (κ2) is 7.03. The average molecular weight is 397 g/mol. The number of anilines is 1. The van der Waals surface area contributed by atoms with E-state index in [0.717, 1.165) is 11.1 Å². The zero-order valence-corrected chi connectivity index (χ0v) is 15.5. The van der Waals surface area contributed by atoms with Crippen molar-refractivity contribution in [2.24, 2.45) is 0 Å². The van der Waals surface area contributed by atoms with Gasteiger partial charge in [0.05, 0.1) is 33.9 Å². The van der Waals surface area contributed by atoms with Gasteiger partial charge in [-0.1, -0.05) is 47.5 Å². The lowest BCUT2D eigenvalue weighted by molar-refractivity contribution is 0.600. The van der Waals surface area contributed by atoms with Gasteiger partial charge in [0.25, 0.3) is 0 Å². The molecule has 6 nitrogen and oxygen atoms in total. The van der Waals surface area contributed by atoms with Gasteiger partial charge in [-0.3, -0.25) is 4.72 Å². The predicted octanol–water partition coefficient (Wildman–Crippen LogP) is 3.82. The summed E-state index contributed by atoms with van der Waals surface area (Å²) < 4.78 is 28.6. The van der Waals surface area contributed by atoms with E-state index in [9.17, 15) is 8.42 Å². The van der Waals surface area contributed by atoms with Crippen molar-refractivity contribution in [1.29, 1.82) is 0 Å². The zero-order chi connectivity index (χ0) is 18.0. The maximum atomic E-state index is 12.4. The van der Waals surface area contributed by atoms with Gasteiger partial charge in [-0.25, -0.2) is 18.1 Å². The van der Waals surface area contributed by atoms with Gasteiger partial charge in [-0.15, -0.1) is 0 Å². The highest BCUT2D eigenvalue weighted by atomic mass is 35.5. The summed E-state index contributed by atoms with van der Waals surface area (Å²) in [5.74, 6) is 0.237. The van der Waals surface area contributed by atoms with Crippen LogP contribution in [0.15, 0.2) is 48.9 Å². The first-order chi connectivity index (χ1) is 11.8. The van der Waals surface area contributed by atoms with E-state index in [1.807, 2.05) is 25.1 Å². The van der Waals surface area contributed by atoms with Gasteiger partial charge in [-0.05, 0) is 24.1 Å². The zero-order valence-electron chi connectivity index (χ0n) is 13.1. The van der Waals surface area contributed by atoms with Crippen LogP contribution in [0, 0.1) is 6.92 Å². The van der Waals surface area contributed by atoms with Crippen molar-refractivity contribution >= 4 is 38.9 Å². The van der Waals surface area contributed by atoms with Crippen LogP contribution in [-0.4, -0.2) is 23.2 Å². The number of nitrogens with zero attached hydrogens (tertiary/aromatic N) is 3. The molecule has 0 aliphatic rings. The number of rotatable bonds is 5. The molecule has 0 bridgehead atoms. The topological polar surface area (TPSA) is 76.9 Å². The van der Waals surface area contributed by atoms with Crippen molar-refractivity contribution in [3.8, 4) is 5.82 Å². The van der Waals surface area contributed by atoms with Crippen LogP contribution in [0.25, 0.3) is 5.82 Å². The summed E-state index contributed by atoms with van der Waals surface area (Å²) >= 11 is 11.9. The van der Waals surface area contributed by atoms with Crippen LogP contribution in [-0.2, 0) is 15.8 Å². The molecule has 2 heterocycles. The van der Waals surface area contributed by atoms with Crippen LogP contribution < -0.4 is 4.72 Å². The maximum Gasteiger partial charge on any atom is 0.237 e. The monoisotopic (exact) mass is 396 g/mol. The number of hydrogen-bond donors (Lipinski definition) is 1. The van der Waals surface area contributed by atoms with Gasteiger partial charge >= 0.3 is 0 Å². The number of aryl methyl sites for hydroxylation is 1. The Hall–Kier alpha value is -2.09. The van der Waals surface area contributed by atoms with Crippen molar-refractivity contribution in [3.05, 3.63) is 70.1 Å². The van der Waals surface area contributed by atoms with Crippen molar-refractivity contribution in [3.63, 3.8) is 0 Å². The van der Waals surface area contributed by atoms with Crippen LogP contribution in [0.2, 0.25) is 10.0 Å². The molecule has 1 N–H and O–H groups in total. The van der Waals surface area contributed by atoms with E-state index in [1.54, 1.807) is 6.07 Å². The highest BCUT2D eigenvalue weighted by Gasteiger charge is 2.15. The van der Waals surface area contributed by atoms with E-state index in [4.69, 9.17) is 23.2 Å². The summed E-state index contributed by atoms with van der Waals surface area (Å²) in [7, 11) is -3.57. The van der Waals surface area contributed by atoms with Crippen molar-refractivity contribution in [2.45, 2.75) is 12.7 Å². The van der Waals surface area contributed by atoms with Crippen LogP contribution in [0.1, 0.15) is 11.1 Å². The van der Waals surface area contributed by atoms with E-state index in [0.29, 0.717) is 21.6 Å². The van der Waals surface area contributed by atoms with E-state index < -0.39 is 10.0 Å². The number of halogens is 2. The highest BCUT2D eigenvalue weighted by Crippen LogP contribution is 2.23. The molecule has 3 rings (SSSR count). The second-order valence-electron chi connectivity index (χ2n) is 5.42. The number of nitrogens with one attached hydrogen (secondary N) is 1. The quantitative estimate of drug-likeness (QED) is 0.710. The summed E-state index contributed by atoms with van der Waals surface area (Å²) in [6.07, 6.45) is 4.33. The Bertz CT molecular complexity index is 1020. The molecule has 0 radical (unpaired) electrons. The van der Waals surface area contributed by atoms with Crippen LogP contribution in [0.5, 0.6) is 0 Å². The normalized spacial score (nSPS) is 11.5. The largest absolute Gasteiger partial charge is 0.280 e. The Morgan fingerprint density at radius 1 is 1.20 bits per heavy atom. The summed E-state index contributed by atoms with van der Waals surface area (Å²) in [4.78, 5) is 4.10. The molecule has 0 aliphatic carbocycles. The third kappa shape index (κ3) is 4.31. The molecule has 0 fully saturated rings. The third-order valence-electron chi connectivity index (χ3n) is 3.47. The molecule has 0 spiro atoms. The molecular weight excluding hydrogens is 383 g/mol. The molecule has 2 aromatic heterocycles. The fourth-order valence-corrected chi connectivity index (χ4v) is 4.00. The molecule has 0 saturated carbocycles. The van der Waals surface area contributed by atoms with Crippen molar-refractivity contribution in [2.75, 3.05) is 4.72 Å². The summed E-state index contributed by atoms with van der Waals surface area (Å²) in [6, 6.07) is 8.87. The minimum absolute atomic E-state index is 0.120. The van der Waals surface area contributed by atoms with E-state index in [2.05, 4.69) is 14.8 Å². The van der Waals surface area contributed by atoms with E-state index >= 15 is 0 Å². The van der Waals surface area contributed by atoms with Crippen LogP contribution in [0.4, 0.5) is 5.69 Å². The fraction of sp³-hybridized carbons (Fsp3) is 0.125. The number of benzene rings is 1. The van der Waals surface area contributed by atoms with Gasteiger partial charge in [0.1, 0.15) is 0 Å². The number of pyridine rings is 1. The number of aromatic nitrogens is 3. The minimum Gasteiger partial charge on any atom is -0.280 e. The standard InChI is InChI=1S/C16H14Cl2N4O2S/c1-11-4-2-3-5-12(11)10-25(23,24)21-14-8-20-22(9-14)16-15(18)6-13(17)7-19-16/h2-9,21H,10H2,1H3. The van der Waals surface area contributed by atoms with E-state index in [-0.39, 0.29) is 5.75 Å². The molecule has 1 aromatic carbocycles. The van der Waals surface area contributed by atoms with Gasteiger partial charge in [0, 0.05) is 6.20 Å². The Balaban J connectivity index is 1.80. The SMILES string of the molecule is Cc1ccccc1CS(=O)(=O)Nc1cnn(-c2ncc(Cl)cc2Cl)c1. The number of hydrogen-bond acceptors (Lipinski definition) is 4. The Morgan fingerprint density at radius 2 is 1.96 bits per heavy atom. The van der Waals surface area contributed by atoms with Gasteiger partial charge in [0.2, 0.25) is 10.0 Å². The molecule has 0 unspecified atom stereocenters. The summed E-state index contributed by atoms with van der Waals surface area (Å²) in [5, 5.41) is 4.80. The Labute approximate surface area is 155 Å². The molecule has 3 aromatic rings. The number of sulfonamides is 1. The first-order valence-corrected chi connectivity index (χ1v) is 9.66. The molecule has 0 saturated heterocycles. The van der Waals surface area contributed by atoms with Crippen molar-refractivity contribution < 1.29 is 8.42 Å². The lowest BCUT2D eigenvalue weighted by Gasteiger charge is -2.08. The predicted molar refractivity (Wildman–Crippen MR) is 98.8 cm³/mol. The Kier molecular flexibility index (Phi) is 4.99. The lowest BCUT2D eigenvalue weighted by atomic mass is 10.1. The molecule has 25 heavy (non-hydrogen) atoms. The molecule has 9 heteroatoms. The molecule has 0 aliphatic heterocycles. The first-order valence-electron chi connectivity index (χ1n) is 7.25. The van der Waals surface area contributed by atoms with Crippen molar-refractivity contribution in [1.82, 2.24) is 14.8 Å². The second-order valence-corrected chi connectivity index (χ2v) is 7.99. The minimum atomic E-state index is -3.57. The van der Waals surface area contributed by atoms with Crippen LogP contribution in [0.3, 0.4) is 0 Å². The molecule has 0 atom stereocenters. The van der Waals surface area contributed by atoms with E-state index in [1.165, 1.54) is 29.3 Å². The smallest absolute Gasteiger partial charge is 0.237 e. The molecule has 0 amide bonds. The highest BCUT2D eigenvalue weighted by molar-refractivity contribution is 7.91. The third-order valence-corrected chi connectivity index (χ3v) is 5.19. The average Bonchev–Trinajstić information content (AvgIpc) is 2.96. The first kappa shape index (κ1) is 17.7. The summed E-state index contributed by atoms with van der Waals surface area (Å²) in [5.41, 5.74) is 1.98. The molecular formula is C16H14Cl2N4O2S. The van der Waals surface area contributed by atoms with Gasteiger partial charge in [0.15, 0.2) is 5.82 Å². The van der Waals surface area contributed by atoms with Gasteiger partial charge < -0.3 is 0 Å². The fourth-order valence-electron chi connectivity index (χ4n) is 2.26. The summed E-state index contributed by atoms with van der Waals surface area (Å²) in [6.45, 7) is 1.87. The molecule has 130 valence electrons. The van der Waals surface area contributed by atoms with Crippen LogP contribution >= 0.6 is 23.2 Å².